The van der Waals surface area contributed by atoms with E-state index in [-0.39, 0.29) is 0 Å². The number of hydrogen-bond donors (Lipinski definition) is 0. The van der Waals surface area contributed by atoms with E-state index < -0.39 is 0 Å². The molecule has 0 aromatic carbocycles. The van der Waals surface area contributed by atoms with Crippen LogP contribution < -0.4 is 0 Å². The van der Waals surface area contributed by atoms with Gasteiger partial charge in [0.2, 0.25) is 0 Å². The molecular weight excluding hydrogens is 134 g/mol. The monoisotopic (exact) mass is 157 g/mol. The maximum Gasteiger partial charge on any atom is 0.0297 e. The fourth-order valence-corrected chi connectivity index (χ4v) is 0.247. The van der Waals surface area contributed by atoms with E-state index in [1.54, 1.807) is 0 Å². The third-order valence-electron chi connectivity index (χ3n) is 0.494. The summed E-state index contributed by atoms with van der Waals surface area (Å²) < 4.78 is 0. The molecule has 0 aliphatic heterocycles. The maximum absolute atomic E-state index is 3.92. The fraction of sp³-hybridized carbons (Fsp3) is 0.700. The zero-order valence-corrected chi connectivity index (χ0v) is 8.94. The number of hydrogen-bond acceptors (Lipinski definition) is 1. The molecule has 0 atom stereocenters. The fourth-order valence-electron chi connectivity index (χ4n) is 0.247. The summed E-state index contributed by atoms with van der Waals surface area (Å²) in [6, 6.07) is 0. The molecule has 0 spiro atoms. The van der Waals surface area contributed by atoms with E-state index in [2.05, 4.69) is 11.6 Å². The largest absolute Gasteiger partial charge is 0.267 e. The Morgan fingerprint density at radius 1 is 1.27 bits per heavy atom. The van der Waals surface area contributed by atoms with Crippen LogP contribution in [0.5, 0.6) is 0 Å². The summed E-state index contributed by atoms with van der Waals surface area (Å²) in [7, 11) is 0. The lowest BCUT2D eigenvalue weighted by atomic mass is 10.5. The highest BCUT2D eigenvalue weighted by Gasteiger charge is 1.68. The smallest absolute Gasteiger partial charge is 0.0297 e. The van der Waals surface area contributed by atoms with Gasteiger partial charge in [0.25, 0.3) is 0 Å². The Balaban J connectivity index is -0.000000138. The molecule has 0 saturated heterocycles. The number of allylic oxidation sites excluding steroid dienone is 1. The summed E-state index contributed by atoms with van der Waals surface area (Å²) in [5.41, 5.74) is 0.877. The van der Waals surface area contributed by atoms with Gasteiger partial charge in [-0.15, -0.1) is 0 Å². The van der Waals surface area contributed by atoms with Crippen molar-refractivity contribution in [3.63, 3.8) is 0 Å². The van der Waals surface area contributed by atoms with Gasteiger partial charge >= 0.3 is 0 Å². The molecule has 0 fully saturated rings. The van der Waals surface area contributed by atoms with Crippen LogP contribution in [0.1, 0.15) is 48.0 Å². The molecule has 0 radical (unpaired) electrons. The number of aliphatic imine (C=N–C) groups is 1. The van der Waals surface area contributed by atoms with Crippen molar-refractivity contribution in [3.05, 3.63) is 12.3 Å². The molecule has 0 aliphatic rings. The average molecular weight is 157 g/mol. The predicted octanol–water partition coefficient (Wildman–Crippen LogP) is 4.05. The molecule has 0 rings (SSSR count). The van der Waals surface area contributed by atoms with Gasteiger partial charge in [0.15, 0.2) is 0 Å². The predicted molar refractivity (Wildman–Crippen MR) is 56.3 cm³/mol. The lowest BCUT2D eigenvalue weighted by Crippen LogP contribution is -1.67. The lowest BCUT2D eigenvalue weighted by molar-refractivity contribution is 1.26. The van der Waals surface area contributed by atoms with Gasteiger partial charge in [-0.2, -0.15) is 0 Å². The van der Waals surface area contributed by atoms with E-state index in [0.717, 1.165) is 12.1 Å². The second-order valence-corrected chi connectivity index (χ2v) is 1.46. The first kappa shape index (κ1) is 16.8. The van der Waals surface area contributed by atoms with Gasteiger partial charge in [-0.1, -0.05) is 41.2 Å². The van der Waals surface area contributed by atoms with Gasteiger partial charge in [0, 0.05) is 11.9 Å². The van der Waals surface area contributed by atoms with Crippen molar-refractivity contribution < 1.29 is 0 Å². The molecule has 68 valence electrons. The molecular formula is C10H23N. The molecule has 0 aromatic heterocycles. The Morgan fingerprint density at radius 3 is 1.73 bits per heavy atom. The van der Waals surface area contributed by atoms with Crippen molar-refractivity contribution in [3.8, 4) is 0 Å². The molecule has 0 saturated carbocycles. The second-order valence-electron chi connectivity index (χ2n) is 1.46. The van der Waals surface area contributed by atoms with Crippen LogP contribution in [0, 0.1) is 0 Å². The topological polar surface area (TPSA) is 12.4 Å². The van der Waals surface area contributed by atoms with Crippen molar-refractivity contribution >= 4 is 6.21 Å². The van der Waals surface area contributed by atoms with Gasteiger partial charge < -0.3 is 0 Å². The Kier molecular flexibility index (Phi) is 34.7. The van der Waals surface area contributed by atoms with Crippen LogP contribution in [-0.4, -0.2) is 6.21 Å². The zero-order valence-electron chi connectivity index (χ0n) is 8.94. The van der Waals surface area contributed by atoms with E-state index in [9.17, 15) is 0 Å². The minimum absolute atomic E-state index is 0.877. The van der Waals surface area contributed by atoms with Crippen LogP contribution in [0.2, 0.25) is 0 Å². The highest BCUT2D eigenvalue weighted by Crippen LogP contribution is 1.84. The van der Waals surface area contributed by atoms with Crippen molar-refractivity contribution in [2.45, 2.75) is 48.0 Å². The molecule has 11 heavy (non-hydrogen) atoms. The van der Waals surface area contributed by atoms with Gasteiger partial charge in [-0.25, -0.2) is 0 Å². The SMILES string of the molecule is C=C(C)N=CCC.CC.CC. The van der Waals surface area contributed by atoms with Gasteiger partial charge in [-0.05, 0) is 13.3 Å². The van der Waals surface area contributed by atoms with Crippen LogP contribution in [0.3, 0.4) is 0 Å². The van der Waals surface area contributed by atoms with E-state index in [1.807, 2.05) is 47.8 Å². The highest BCUT2D eigenvalue weighted by molar-refractivity contribution is 5.57. The lowest BCUT2D eigenvalue weighted by Gasteiger charge is -1.80. The first-order valence-electron chi connectivity index (χ1n) is 4.45. The maximum atomic E-state index is 3.92. The van der Waals surface area contributed by atoms with Crippen LogP contribution >= 0.6 is 0 Å². The van der Waals surface area contributed by atoms with E-state index in [4.69, 9.17) is 0 Å². The van der Waals surface area contributed by atoms with Gasteiger partial charge in [0.1, 0.15) is 0 Å². The van der Waals surface area contributed by atoms with Crippen molar-refractivity contribution in [2.24, 2.45) is 4.99 Å². The molecule has 0 aromatic rings. The van der Waals surface area contributed by atoms with Crippen LogP contribution in [0.15, 0.2) is 17.3 Å². The third kappa shape index (κ3) is 44.4. The third-order valence-corrected chi connectivity index (χ3v) is 0.494. The normalized spacial score (nSPS) is 7.45. The summed E-state index contributed by atoms with van der Waals surface area (Å²) in [6.07, 6.45) is 2.84. The Labute approximate surface area is 72.2 Å². The first-order chi connectivity index (χ1) is 5.27. The molecule has 0 unspecified atom stereocenters. The minimum atomic E-state index is 0.877. The minimum Gasteiger partial charge on any atom is -0.267 e. The standard InChI is InChI=1S/C6H11N.2C2H6/c1-4-5-7-6(2)3;2*1-2/h5H,2,4H2,1,3H3;2*1-2H3. The Hall–Kier alpha value is -0.590. The first-order valence-corrected chi connectivity index (χ1v) is 4.45. The van der Waals surface area contributed by atoms with Crippen molar-refractivity contribution in [1.29, 1.82) is 0 Å². The van der Waals surface area contributed by atoms with Crippen LogP contribution in [0.25, 0.3) is 0 Å². The molecule has 0 bridgehead atoms. The highest BCUT2D eigenvalue weighted by atomic mass is 14.7. The summed E-state index contributed by atoms with van der Waals surface area (Å²) in [4.78, 5) is 3.92. The molecule has 1 nitrogen and oxygen atoms in total. The molecule has 0 heterocycles. The molecule has 0 aliphatic carbocycles. The quantitative estimate of drug-likeness (QED) is 0.536. The Morgan fingerprint density at radius 2 is 1.64 bits per heavy atom. The zero-order chi connectivity index (χ0) is 9.70. The average Bonchev–Trinajstić information content (AvgIpc) is 2.08. The van der Waals surface area contributed by atoms with Crippen LogP contribution in [0.4, 0.5) is 0 Å². The van der Waals surface area contributed by atoms with E-state index >= 15 is 0 Å². The molecule has 0 N–H and O–H groups in total. The molecule has 1 heteroatoms. The summed E-state index contributed by atoms with van der Waals surface area (Å²) in [5, 5.41) is 0. The summed E-state index contributed by atoms with van der Waals surface area (Å²) >= 11 is 0. The Bertz CT molecular complexity index is 82.9. The number of rotatable bonds is 2. The van der Waals surface area contributed by atoms with E-state index in [0.29, 0.717) is 0 Å². The van der Waals surface area contributed by atoms with Crippen molar-refractivity contribution in [2.75, 3.05) is 0 Å². The van der Waals surface area contributed by atoms with E-state index in [1.165, 1.54) is 0 Å². The van der Waals surface area contributed by atoms with Gasteiger partial charge in [-0.3, -0.25) is 4.99 Å². The summed E-state index contributed by atoms with van der Waals surface area (Å²) in [6.45, 7) is 15.5. The summed E-state index contributed by atoms with van der Waals surface area (Å²) in [5.74, 6) is 0. The number of nitrogens with zero attached hydrogens (tertiary/aromatic N) is 1. The van der Waals surface area contributed by atoms with Gasteiger partial charge in [0.05, 0.1) is 0 Å². The molecule has 0 amide bonds. The van der Waals surface area contributed by atoms with Crippen molar-refractivity contribution in [1.82, 2.24) is 0 Å². The van der Waals surface area contributed by atoms with Crippen LogP contribution in [-0.2, 0) is 0 Å². The second kappa shape index (κ2) is 22.7.